The molecule has 168 valence electrons. The summed E-state index contributed by atoms with van der Waals surface area (Å²) in [4.78, 5) is 46.7. The lowest BCUT2D eigenvalue weighted by Gasteiger charge is -2.26. The van der Waals surface area contributed by atoms with Gasteiger partial charge in [0.2, 0.25) is 0 Å². The molecular weight excluding hydrogens is 386 g/mol. The van der Waals surface area contributed by atoms with E-state index < -0.39 is 53.2 Å². The fraction of sp³-hybridized carbons (Fsp3) is 0.778. The van der Waals surface area contributed by atoms with E-state index in [9.17, 15) is 24.3 Å². The minimum atomic E-state index is -1.29. The molecule has 0 saturated heterocycles. The highest BCUT2D eigenvalue weighted by molar-refractivity contribution is 5.83. The van der Waals surface area contributed by atoms with E-state index in [1.807, 2.05) is 0 Å². The predicted octanol–water partition coefficient (Wildman–Crippen LogP) is -0.527. The predicted molar refractivity (Wildman–Crippen MR) is 103 cm³/mol. The van der Waals surface area contributed by atoms with Crippen LogP contribution in [0.1, 0.15) is 48.0 Å². The molecule has 11 nitrogen and oxygen atoms in total. The number of carbonyl (C=O) groups is 4. The molecular formula is C18H33N3O8. The molecule has 6 N–H and O–H groups in total. The first-order valence-electron chi connectivity index (χ1n) is 9.14. The second-order valence-electron chi connectivity index (χ2n) is 8.53. The van der Waals surface area contributed by atoms with Gasteiger partial charge in [-0.15, -0.1) is 0 Å². The molecule has 0 spiro atoms. The number of rotatable bonds is 11. The Morgan fingerprint density at radius 3 is 1.72 bits per heavy atom. The lowest BCUT2D eigenvalue weighted by atomic mass is 10.1. The first-order chi connectivity index (χ1) is 13.0. The Morgan fingerprint density at radius 2 is 1.31 bits per heavy atom. The number of carboxylic acid groups (broad SMARTS) is 2. The van der Waals surface area contributed by atoms with Crippen molar-refractivity contribution in [2.75, 3.05) is 13.1 Å². The molecule has 0 aliphatic carbocycles. The number of hydrogen-bond acceptors (Lipinski definition) is 9. The molecule has 11 heteroatoms. The van der Waals surface area contributed by atoms with E-state index in [1.165, 1.54) is 0 Å². The Hall–Kier alpha value is -2.24. The molecule has 0 unspecified atom stereocenters. The van der Waals surface area contributed by atoms with Crippen molar-refractivity contribution in [3.05, 3.63) is 0 Å². The van der Waals surface area contributed by atoms with Crippen molar-refractivity contribution in [3.8, 4) is 0 Å². The lowest BCUT2D eigenvalue weighted by Crippen LogP contribution is -2.53. The standard InChI is InChI=1S/C18H33N3O8/c1-17(2,3)28-13(22)7-11(16(27)29-18(4,5)6)21-9-12(15(25)26)20-8-10(19)14(23)24/h10-12,20-21H,7-9,19H2,1-6H3,(H,23,24)(H,25,26)/t10-,11+,12-/m1/s1. The summed E-state index contributed by atoms with van der Waals surface area (Å²) < 4.78 is 10.5. The highest BCUT2D eigenvalue weighted by Gasteiger charge is 2.31. The van der Waals surface area contributed by atoms with Gasteiger partial charge in [-0.2, -0.15) is 0 Å². The first kappa shape index (κ1) is 26.8. The van der Waals surface area contributed by atoms with Gasteiger partial charge in [-0.25, -0.2) is 0 Å². The fourth-order valence-electron chi connectivity index (χ4n) is 2.03. The molecule has 0 aromatic rings. The second kappa shape index (κ2) is 11.1. The monoisotopic (exact) mass is 419 g/mol. The van der Waals surface area contributed by atoms with E-state index in [1.54, 1.807) is 41.5 Å². The van der Waals surface area contributed by atoms with E-state index in [-0.39, 0.29) is 19.5 Å². The molecule has 0 fully saturated rings. The number of hydrogen-bond donors (Lipinski definition) is 5. The zero-order chi connectivity index (χ0) is 23.0. The molecule has 0 heterocycles. The van der Waals surface area contributed by atoms with Gasteiger partial charge in [0.25, 0.3) is 0 Å². The highest BCUT2D eigenvalue weighted by Crippen LogP contribution is 2.13. The third-order valence-corrected chi connectivity index (χ3v) is 3.25. The van der Waals surface area contributed by atoms with E-state index in [0.29, 0.717) is 0 Å². The van der Waals surface area contributed by atoms with Crippen LogP contribution in [0.3, 0.4) is 0 Å². The third kappa shape index (κ3) is 12.8. The Bertz CT molecular complexity index is 595. The van der Waals surface area contributed by atoms with Crippen molar-refractivity contribution in [3.63, 3.8) is 0 Å². The SMILES string of the molecule is CC(C)(C)OC(=O)C[C@H](NC[C@@H](NC[C@@H](N)C(=O)O)C(=O)O)C(=O)OC(C)(C)C. The number of nitrogens with two attached hydrogens (primary N) is 1. The zero-order valence-electron chi connectivity index (χ0n) is 17.8. The van der Waals surface area contributed by atoms with Gasteiger partial charge in [-0.1, -0.05) is 0 Å². The summed E-state index contributed by atoms with van der Waals surface area (Å²) in [6.07, 6.45) is -0.368. The summed E-state index contributed by atoms with van der Waals surface area (Å²) in [5.74, 6) is -3.97. The van der Waals surface area contributed by atoms with E-state index in [2.05, 4.69) is 10.6 Å². The van der Waals surface area contributed by atoms with Crippen LogP contribution in [0.4, 0.5) is 0 Å². The normalized spacial score (nSPS) is 15.1. The van der Waals surface area contributed by atoms with Crippen LogP contribution in [0.5, 0.6) is 0 Å². The lowest BCUT2D eigenvalue weighted by molar-refractivity contribution is -0.164. The second-order valence-corrected chi connectivity index (χ2v) is 8.53. The molecule has 0 aromatic heterocycles. The van der Waals surface area contributed by atoms with Crippen LogP contribution < -0.4 is 16.4 Å². The van der Waals surface area contributed by atoms with Crippen LogP contribution in [-0.2, 0) is 28.7 Å². The van der Waals surface area contributed by atoms with Gasteiger partial charge in [0.05, 0.1) is 6.42 Å². The Kier molecular flexibility index (Phi) is 10.2. The van der Waals surface area contributed by atoms with Gasteiger partial charge in [0.1, 0.15) is 29.3 Å². The molecule has 0 saturated carbocycles. The largest absolute Gasteiger partial charge is 0.480 e. The minimum absolute atomic E-state index is 0.283. The summed E-state index contributed by atoms with van der Waals surface area (Å²) in [5.41, 5.74) is 3.78. The van der Waals surface area contributed by atoms with Crippen molar-refractivity contribution in [2.45, 2.75) is 77.3 Å². The maximum absolute atomic E-state index is 12.4. The summed E-state index contributed by atoms with van der Waals surface area (Å²) in [6.45, 7) is 9.43. The van der Waals surface area contributed by atoms with Gasteiger partial charge in [0, 0.05) is 13.1 Å². The van der Waals surface area contributed by atoms with Crippen LogP contribution in [0.15, 0.2) is 0 Å². The first-order valence-corrected chi connectivity index (χ1v) is 9.14. The number of nitrogens with one attached hydrogen (secondary N) is 2. The van der Waals surface area contributed by atoms with Gasteiger partial charge >= 0.3 is 23.9 Å². The van der Waals surface area contributed by atoms with E-state index in [4.69, 9.17) is 20.3 Å². The molecule has 0 bridgehead atoms. The van der Waals surface area contributed by atoms with Crippen molar-refractivity contribution in [1.82, 2.24) is 10.6 Å². The Labute approximate surface area is 170 Å². The highest BCUT2D eigenvalue weighted by atomic mass is 16.6. The summed E-state index contributed by atoms with van der Waals surface area (Å²) in [7, 11) is 0. The maximum atomic E-state index is 12.4. The third-order valence-electron chi connectivity index (χ3n) is 3.25. The van der Waals surface area contributed by atoms with Crippen LogP contribution >= 0.6 is 0 Å². The topological polar surface area (TPSA) is 177 Å². The van der Waals surface area contributed by atoms with Crippen LogP contribution in [0, 0.1) is 0 Å². The number of aliphatic carboxylic acids is 2. The summed E-state index contributed by atoms with van der Waals surface area (Å²) in [6, 6.07) is -3.69. The Balaban J connectivity index is 5.15. The molecule has 3 atom stereocenters. The summed E-state index contributed by atoms with van der Waals surface area (Å²) in [5, 5.41) is 23.3. The smallest absolute Gasteiger partial charge is 0.324 e. The van der Waals surface area contributed by atoms with Crippen LogP contribution in [-0.4, -0.2) is 76.5 Å². The molecule has 0 aromatic carbocycles. The molecule has 0 aliphatic rings. The quantitative estimate of drug-likeness (QED) is 0.272. The molecule has 0 amide bonds. The molecule has 0 radical (unpaired) electrons. The van der Waals surface area contributed by atoms with Crippen LogP contribution in [0.25, 0.3) is 0 Å². The maximum Gasteiger partial charge on any atom is 0.324 e. The number of carbonyl (C=O) groups excluding carboxylic acids is 2. The van der Waals surface area contributed by atoms with E-state index in [0.717, 1.165) is 0 Å². The number of esters is 2. The van der Waals surface area contributed by atoms with Gasteiger partial charge in [-0.3, -0.25) is 19.2 Å². The van der Waals surface area contributed by atoms with Gasteiger partial charge < -0.3 is 36.1 Å². The zero-order valence-corrected chi connectivity index (χ0v) is 17.8. The summed E-state index contributed by atoms with van der Waals surface area (Å²) >= 11 is 0. The van der Waals surface area contributed by atoms with Crippen molar-refractivity contribution in [2.24, 2.45) is 5.73 Å². The number of carboxylic acids is 2. The molecule has 29 heavy (non-hydrogen) atoms. The molecule has 0 rings (SSSR count). The van der Waals surface area contributed by atoms with Crippen molar-refractivity contribution < 1.29 is 38.9 Å². The average Bonchev–Trinajstić information content (AvgIpc) is 2.49. The molecule has 0 aliphatic heterocycles. The minimum Gasteiger partial charge on any atom is -0.480 e. The number of ether oxygens (including phenoxy) is 2. The van der Waals surface area contributed by atoms with Crippen LogP contribution in [0.2, 0.25) is 0 Å². The fourth-order valence-corrected chi connectivity index (χ4v) is 2.03. The van der Waals surface area contributed by atoms with E-state index >= 15 is 0 Å². The Morgan fingerprint density at radius 1 is 0.828 bits per heavy atom. The average molecular weight is 419 g/mol. The van der Waals surface area contributed by atoms with Crippen molar-refractivity contribution >= 4 is 23.9 Å². The van der Waals surface area contributed by atoms with Gasteiger partial charge in [-0.05, 0) is 41.5 Å². The van der Waals surface area contributed by atoms with Crippen molar-refractivity contribution in [1.29, 1.82) is 0 Å². The van der Waals surface area contributed by atoms with Gasteiger partial charge in [0.15, 0.2) is 0 Å².